The fourth-order valence-electron chi connectivity index (χ4n) is 2.01. The molecule has 0 aliphatic carbocycles. The first-order valence-electron chi connectivity index (χ1n) is 5.63. The van der Waals surface area contributed by atoms with Crippen molar-refractivity contribution in [3.8, 4) is 0 Å². The van der Waals surface area contributed by atoms with Crippen molar-refractivity contribution in [3.63, 3.8) is 0 Å². The van der Waals surface area contributed by atoms with Gasteiger partial charge in [-0.25, -0.2) is 5.06 Å². The van der Waals surface area contributed by atoms with Crippen LogP contribution in [0.1, 0.15) is 41.0 Å². The molecule has 16 heavy (non-hydrogen) atoms. The highest BCUT2D eigenvalue weighted by Crippen LogP contribution is 2.32. The smallest absolute Gasteiger partial charge is 0.192 e. The molecular weight excluding hydrogens is 220 g/mol. The van der Waals surface area contributed by atoms with Crippen molar-refractivity contribution in [3.05, 3.63) is 0 Å². The van der Waals surface area contributed by atoms with Crippen molar-refractivity contribution < 1.29 is 4.84 Å². The van der Waals surface area contributed by atoms with Gasteiger partial charge in [-0.2, -0.15) is 0 Å². The molecular formula is C12H26N2OS. The van der Waals surface area contributed by atoms with E-state index >= 15 is 0 Å². The van der Waals surface area contributed by atoms with Crippen LogP contribution in [0.2, 0.25) is 0 Å². The fourth-order valence-corrected chi connectivity index (χ4v) is 2.15. The molecule has 0 heterocycles. The molecule has 0 saturated carbocycles. The van der Waals surface area contributed by atoms with Gasteiger partial charge >= 0.3 is 0 Å². The Morgan fingerprint density at radius 3 is 2.12 bits per heavy atom. The molecule has 0 aliphatic rings. The third kappa shape index (κ3) is 7.01. The molecule has 96 valence electrons. The molecule has 3 nitrogen and oxygen atoms in total. The van der Waals surface area contributed by atoms with Crippen LogP contribution in [0.3, 0.4) is 0 Å². The lowest BCUT2D eigenvalue weighted by molar-refractivity contribution is -0.0428. The molecule has 0 saturated heterocycles. The van der Waals surface area contributed by atoms with E-state index < -0.39 is 0 Å². The summed E-state index contributed by atoms with van der Waals surface area (Å²) in [6.45, 7) is 12.1. The van der Waals surface area contributed by atoms with E-state index in [0.717, 1.165) is 13.0 Å². The van der Waals surface area contributed by atoms with Gasteiger partial charge in [0, 0.05) is 13.6 Å². The lowest BCUT2D eigenvalue weighted by Crippen LogP contribution is -2.42. The molecule has 0 aliphatic heterocycles. The largest absolute Gasteiger partial charge is 0.360 e. The second kappa shape index (κ2) is 5.82. The second-order valence-electron chi connectivity index (χ2n) is 6.24. The van der Waals surface area contributed by atoms with Gasteiger partial charge in [0.1, 0.15) is 0 Å². The number of nitrogens with one attached hydrogen (secondary N) is 1. The Balaban J connectivity index is 4.14. The maximum absolute atomic E-state index is 5.18. The Labute approximate surface area is 105 Å². The van der Waals surface area contributed by atoms with Gasteiger partial charge in [-0.1, -0.05) is 34.6 Å². The van der Waals surface area contributed by atoms with Gasteiger partial charge < -0.3 is 5.32 Å². The zero-order valence-electron chi connectivity index (χ0n) is 11.7. The fraction of sp³-hybridized carbons (Fsp3) is 0.917. The topological polar surface area (TPSA) is 24.5 Å². The summed E-state index contributed by atoms with van der Waals surface area (Å²) in [6, 6.07) is 0. The van der Waals surface area contributed by atoms with Gasteiger partial charge in [0.2, 0.25) is 0 Å². The second-order valence-corrected chi connectivity index (χ2v) is 6.63. The highest BCUT2D eigenvalue weighted by atomic mass is 32.1. The summed E-state index contributed by atoms with van der Waals surface area (Å²) in [5.41, 5.74) is 0.552. The van der Waals surface area contributed by atoms with E-state index in [4.69, 9.17) is 17.1 Å². The average Bonchev–Trinajstić information content (AvgIpc) is 2.09. The van der Waals surface area contributed by atoms with Gasteiger partial charge in [-0.3, -0.25) is 4.84 Å². The van der Waals surface area contributed by atoms with Crippen molar-refractivity contribution in [1.82, 2.24) is 10.4 Å². The predicted octanol–water partition coefficient (Wildman–Crippen LogP) is 2.82. The molecule has 0 spiro atoms. The van der Waals surface area contributed by atoms with Gasteiger partial charge in [-0.15, -0.1) is 0 Å². The molecule has 0 aromatic rings. The summed E-state index contributed by atoms with van der Waals surface area (Å²) in [5.74, 6) is 0. The van der Waals surface area contributed by atoms with Crippen molar-refractivity contribution >= 4 is 17.3 Å². The van der Waals surface area contributed by atoms with E-state index in [1.807, 2.05) is 0 Å². The molecule has 0 fully saturated rings. The minimum Gasteiger partial charge on any atom is -0.360 e. The molecule has 0 aromatic carbocycles. The van der Waals surface area contributed by atoms with Crippen LogP contribution in [0.4, 0.5) is 0 Å². The average molecular weight is 246 g/mol. The van der Waals surface area contributed by atoms with Crippen LogP contribution in [0.5, 0.6) is 0 Å². The van der Waals surface area contributed by atoms with E-state index in [2.05, 4.69) is 39.9 Å². The molecule has 0 bridgehead atoms. The van der Waals surface area contributed by atoms with Gasteiger partial charge in [0.25, 0.3) is 0 Å². The molecule has 0 aromatic heterocycles. The monoisotopic (exact) mass is 246 g/mol. The van der Waals surface area contributed by atoms with Crippen molar-refractivity contribution in [2.75, 3.05) is 20.7 Å². The molecule has 0 radical (unpaired) electrons. The van der Waals surface area contributed by atoms with Gasteiger partial charge in [-0.05, 0) is 29.5 Å². The number of rotatable bonds is 4. The van der Waals surface area contributed by atoms with Gasteiger partial charge in [0.15, 0.2) is 5.11 Å². The van der Waals surface area contributed by atoms with E-state index in [-0.39, 0.29) is 5.41 Å². The normalized spacial score (nSPS) is 12.4. The predicted molar refractivity (Wildman–Crippen MR) is 73.2 cm³/mol. The Bertz CT molecular complexity index is 234. The van der Waals surface area contributed by atoms with Crippen LogP contribution in [0.25, 0.3) is 0 Å². The first-order chi connectivity index (χ1) is 7.07. The third-order valence-corrected chi connectivity index (χ3v) is 2.69. The summed E-state index contributed by atoms with van der Waals surface area (Å²) in [6.07, 6.45) is 1.15. The lowest BCUT2D eigenvalue weighted by Gasteiger charge is -2.33. The summed E-state index contributed by atoms with van der Waals surface area (Å²) in [4.78, 5) is 5.01. The quantitative estimate of drug-likeness (QED) is 0.609. The first-order valence-corrected chi connectivity index (χ1v) is 6.04. The molecule has 0 amide bonds. The van der Waals surface area contributed by atoms with E-state index in [1.54, 1.807) is 19.2 Å². The van der Waals surface area contributed by atoms with Crippen LogP contribution in [-0.2, 0) is 4.84 Å². The van der Waals surface area contributed by atoms with Gasteiger partial charge in [0.05, 0.1) is 7.11 Å². The highest BCUT2D eigenvalue weighted by molar-refractivity contribution is 7.80. The molecule has 1 N–H and O–H groups in total. The maximum atomic E-state index is 5.18. The number of hydroxylamine groups is 2. The molecule has 0 unspecified atom stereocenters. The van der Waals surface area contributed by atoms with E-state index in [0.29, 0.717) is 10.5 Å². The summed E-state index contributed by atoms with van der Waals surface area (Å²) in [5, 5.41) is 5.42. The van der Waals surface area contributed by atoms with Crippen molar-refractivity contribution in [2.24, 2.45) is 10.8 Å². The number of nitrogens with zero attached hydrogens (tertiary/aromatic N) is 1. The number of thiocarbonyl (C=S) groups is 1. The Morgan fingerprint density at radius 1 is 1.25 bits per heavy atom. The zero-order chi connectivity index (χ0) is 13.0. The Morgan fingerprint density at radius 2 is 1.75 bits per heavy atom. The SMILES string of the molecule is CON(C)C(=S)NCC(C)(C)CC(C)(C)C. The van der Waals surface area contributed by atoms with Crippen LogP contribution in [0.15, 0.2) is 0 Å². The van der Waals surface area contributed by atoms with Crippen molar-refractivity contribution in [1.29, 1.82) is 0 Å². The van der Waals surface area contributed by atoms with E-state index in [9.17, 15) is 0 Å². The third-order valence-electron chi connectivity index (χ3n) is 2.29. The van der Waals surface area contributed by atoms with Crippen molar-refractivity contribution in [2.45, 2.75) is 41.0 Å². The highest BCUT2D eigenvalue weighted by Gasteiger charge is 2.25. The standard InChI is InChI=1S/C12H26N2OS/c1-11(2,3)8-12(4,5)9-13-10(16)14(6)15-7/h8-9H2,1-7H3,(H,13,16). The maximum Gasteiger partial charge on any atom is 0.192 e. The summed E-state index contributed by atoms with van der Waals surface area (Å²) in [7, 11) is 3.40. The lowest BCUT2D eigenvalue weighted by atomic mass is 9.76. The minimum absolute atomic E-state index is 0.219. The van der Waals surface area contributed by atoms with Crippen LogP contribution >= 0.6 is 12.2 Å². The number of hydrogen-bond acceptors (Lipinski definition) is 2. The van der Waals surface area contributed by atoms with E-state index in [1.165, 1.54) is 0 Å². The van der Waals surface area contributed by atoms with Crippen LogP contribution in [0, 0.1) is 10.8 Å². The Hall–Kier alpha value is -0.350. The molecule has 4 heteroatoms. The Kier molecular flexibility index (Phi) is 5.70. The minimum atomic E-state index is 0.219. The molecule has 0 rings (SSSR count). The summed E-state index contributed by atoms with van der Waals surface area (Å²) >= 11 is 5.18. The zero-order valence-corrected chi connectivity index (χ0v) is 12.5. The van der Waals surface area contributed by atoms with Crippen LogP contribution < -0.4 is 5.32 Å². The molecule has 0 atom stereocenters. The first kappa shape index (κ1) is 15.7. The number of hydrogen-bond donors (Lipinski definition) is 1. The van der Waals surface area contributed by atoms with Crippen LogP contribution in [-0.4, -0.2) is 30.9 Å². The summed E-state index contributed by atoms with van der Waals surface area (Å²) < 4.78 is 0.